The monoisotopic (exact) mass is 551 g/mol. The number of morpholine rings is 1. The lowest BCUT2D eigenvalue weighted by atomic mass is 9.93. The van der Waals surface area contributed by atoms with Crippen molar-refractivity contribution in [1.29, 1.82) is 0 Å². The maximum atomic E-state index is 14.2. The molecule has 3 aromatic rings. The van der Waals surface area contributed by atoms with Crippen LogP contribution in [0.4, 0.5) is 0 Å². The number of hydrogen-bond donors (Lipinski definition) is 1. The van der Waals surface area contributed by atoms with Gasteiger partial charge >= 0.3 is 5.97 Å². The normalized spacial score (nSPS) is 17.7. The van der Waals surface area contributed by atoms with E-state index in [0.29, 0.717) is 53.7 Å². The number of amides is 1. The highest BCUT2D eigenvalue weighted by Gasteiger charge is 2.32. The Bertz CT molecular complexity index is 1360. The maximum Gasteiger partial charge on any atom is 0.337 e. The number of aromatic carboxylic acids is 1. The molecule has 8 nitrogen and oxygen atoms in total. The van der Waals surface area contributed by atoms with E-state index in [1.807, 2.05) is 17.0 Å². The molecule has 5 rings (SSSR count). The molecule has 2 aliphatic rings. The van der Waals surface area contributed by atoms with Crippen LogP contribution in [0.25, 0.3) is 11.3 Å². The minimum Gasteiger partial charge on any atom is -0.478 e. The third kappa shape index (κ3) is 5.89. The molecule has 2 aromatic carbocycles. The van der Waals surface area contributed by atoms with Gasteiger partial charge in [-0.25, -0.2) is 4.79 Å². The molecule has 0 unspecified atom stereocenters. The van der Waals surface area contributed by atoms with Crippen LogP contribution in [0.2, 0.25) is 5.02 Å². The molecular weight excluding hydrogens is 518 g/mol. The standard InChI is InChI=1S/C30H34ClN3O5/c1-20-26(30(36)37)17-28(32(20)2)27-16-23(31)7-8-25(27)29(35)34-18-22-6-4-3-5-21(22)15-24(34)19-39-14-11-33-9-12-38-13-10-33/h3-8,16-17,24H,9-15,18-19H2,1-2H3,(H,36,37)/t24-/m0/s1. The van der Waals surface area contributed by atoms with Gasteiger partial charge in [0.15, 0.2) is 0 Å². The fourth-order valence-electron chi connectivity index (χ4n) is 5.46. The highest BCUT2D eigenvalue weighted by molar-refractivity contribution is 6.31. The molecule has 0 bridgehead atoms. The first-order chi connectivity index (χ1) is 18.8. The summed E-state index contributed by atoms with van der Waals surface area (Å²) in [5.74, 6) is -1.14. The van der Waals surface area contributed by atoms with E-state index in [4.69, 9.17) is 21.1 Å². The highest BCUT2D eigenvalue weighted by Crippen LogP contribution is 2.33. The Morgan fingerprint density at radius 1 is 1.08 bits per heavy atom. The summed E-state index contributed by atoms with van der Waals surface area (Å²) in [7, 11) is 1.80. The topological polar surface area (TPSA) is 84.2 Å². The van der Waals surface area contributed by atoms with E-state index < -0.39 is 5.97 Å². The zero-order chi connectivity index (χ0) is 27.5. The second kappa shape index (κ2) is 11.9. The minimum atomic E-state index is -1.01. The van der Waals surface area contributed by atoms with Gasteiger partial charge in [0.25, 0.3) is 5.91 Å². The summed E-state index contributed by atoms with van der Waals surface area (Å²) in [5, 5.41) is 10.1. The second-order valence-electron chi connectivity index (χ2n) is 10.2. The van der Waals surface area contributed by atoms with Gasteiger partial charge in [-0.2, -0.15) is 0 Å². The number of hydrogen-bond acceptors (Lipinski definition) is 5. The largest absolute Gasteiger partial charge is 0.478 e. The van der Waals surface area contributed by atoms with Gasteiger partial charge in [0.2, 0.25) is 0 Å². The number of carbonyl (C=O) groups is 2. The average Bonchev–Trinajstić information content (AvgIpc) is 3.25. The Morgan fingerprint density at radius 3 is 2.54 bits per heavy atom. The molecule has 9 heteroatoms. The van der Waals surface area contributed by atoms with Crippen molar-refractivity contribution >= 4 is 23.5 Å². The molecule has 0 spiro atoms. The summed E-state index contributed by atoms with van der Waals surface area (Å²) >= 11 is 6.38. The number of ether oxygens (including phenoxy) is 2. The van der Waals surface area contributed by atoms with E-state index in [0.717, 1.165) is 38.4 Å². The zero-order valence-electron chi connectivity index (χ0n) is 22.4. The summed E-state index contributed by atoms with van der Waals surface area (Å²) in [6.07, 6.45) is 0.703. The number of rotatable bonds is 8. The molecule has 0 radical (unpaired) electrons. The van der Waals surface area contributed by atoms with Gasteiger partial charge in [0, 0.05) is 60.8 Å². The Morgan fingerprint density at radius 2 is 1.82 bits per heavy atom. The molecule has 1 N–H and O–H groups in total. The van der Waals surface area contributed by atoms with Gasteiger partial charge in [-0.05, 0) is 48.7 Å². The van der Waals surface area contributed by atoms with Gasteiger partial charge in [-0.15, -0.1) is 0 Å². The number of halogens is 1. The van der Waals surface area contributed by atoms with Crippen LogP contribution in [-0.2, 0) is 29.5 Å². The zero-order valence-corrected chi connectivity index (χ0v) is 23.1. The Hall–Kier alpha value is -3.17. The molecule has 39 heavy (non-hydrogen) atoms. The molecule has 206 valence electrons. The molecule has 1 amide bonds. The van der Waals surface area contributed by atoms with Gasteiger partial charge < -0.3 is 24.0 Å². The van der Waals surface area contributed by atoms with E-state index in [1.165, 1.54) is 5.56 Å². The number of aromatic nitrogens is 1. The lowest BCUT2D eigenvalue weighted by molar-refractivity contribution is 0.00743. The molecule has 0 saturated carbocycles. The third-order valence-electron chi connectivity index (χ3n) is 7.84. The maximum absolute atomic E-state index is 14.2. The summed E-state index contributed by atoms with van der Waals surface area (Å²) in [6, 6.07) is 14.9. The van der Waals surface area contributed by atoms with Gasteiger partial charge in [0.1, 0.15) is 0 Å². The predicted octanol–water partition coefficient (Wildman–Crippen LogP) is 4.27. The van der Waals surface area contributed by atoms with Crippen molar-refractivity contribution in [1.82, 2.24) is 14.4 Å². The first-order valence-corrected chi connectivity index (χ1v) is 13.7. The van der Waals surface area contributed by atoms with Gasteiger partial charge in [-0.3, -0.25) is 9.69 Å². The number of carboxylic acid groups (broad SMARTS) is 1. The molecule has 1 saturated heterocycles. The summed E-state index contributed by atoms with van der Waals surface area (Å²) in [6.45, 7) is 7.40. The molecular formula is C30H34ClN3O5. The van der Waals surface area contributed by atoms with Crippen LogP contribution in [0.1, 0.15) is 37.5 Å². The van der Waals surface area contributed by atoms with Crippen LogP contribution < -0.4 is 0 Å². The van der Waals surface area contributed by atoms with Crippen molar-refractivity contribution in [2.75, 3.05) is 46.1 Å². The van der Waals surface area contributed by atoms with Gasteiger partial charge in [0.05, 0.1) is 38.0 Å². The molecule has 2 aliphatic heterocycles. The van der Waals surface area contributed by atoms with Crippen LogP contribution in [0.3, 0.4) is 0 Å². The molecule has 1 fully saturated rings. The van der Waals surface area contributed by atoms with Crippen molar-refractivity contribution < 1.29 is 24.2 Å². The molecule has 0 aliphatic carbocycles. The first-order valence-electron chi connectivity index (χ1n) is 13.3. The third-order valence-corrected chi connectivity index (χ3v) is 8.07. The Balaban J connectivity index is 1.42. The van der Waals surface area contributed by atoms with E-state index in [1.54, 1.807) is 42.8 Å². The van der Waals surface area contributed by atoms with Crippen LogP contribution >= 0.6 is 11.6 Å². The van der Waals surface area contributed by atoms with Crippen molar-refractivity contribution in [3.8, 4) is 11.3 Å². The molecule has 1 aromatic heterocycles. The van der Waals surface area contributed by atoms with Crippen LogP contribution in [0, 0.1) is 6.92 Å². The number of carboxylic acids is 1. The van der Waals surface area contributed by atoms with Crippen molar-refractivity contribution in [3.05, 3.63) is 81.5 Å². The lowest BCUT2D eigenvalue weighted by Gasteiger charge is -2.37. The molecule has 3 heterocycles. The number of fused-ring (bicyclic) bond motifs is 1. The fraction of sp³-hybridized carbons (Fsp3) is 0.400. The summed E-state index contributed by atoms with van der Waals surface area (Å²) in [5.41, 5.74) is 4.87. The summed E-state index contributed by atoms with van der Waals surface area (Å²) < 4.78 is 13.4. The van der Waals surface area contributed by atoms with Crippen LogP contribution in [-0.4, -0.2) is 83.5 Å². The molecule has 1 atom stereocenters. The number of carbonyl (C=O) groups excluding carboxylic acids is 1. The van der Waals surface area contributed by atoms with Gasteiger partial charge in [-0.1, -0.05) is 35.9 Å². The van der Waals surface area contributed by atoms with Crippen LogP contribution in [0.15, 0.2) is 48.5 Å². The quantitative estimate of drug-likeness (QED) is 0.421. The SMILES string of the molecule is Cc1c(C(=O)O)cc(-c2cc(Cl)ccc2C(=O)N2Cc3ccccc3C[C@H]2COCCN2CCOCC2)n1C. The van der Waals surface area contributed by atoms with E-state index in [-0.39, 0.29) is 17.5 Å². The predicted molar refractivity (Wildman–Crippen MR) is 149 cm³/mol. The average molecular weight is 552 g/mol. The fourth-order valence-corrected chi connectivity index (χ4v) is 5.63. The second-order valence-corrected chi connectivity index (χ2v) is 10.6. The number of benzene rings is 2. The van der Waals surface area contributed by atoms with E-state index in [9.17, 15) is 14.7 Å². The highest BCUT2D eigenvalue weighted by atomic mass is 35.5. The van der Waals surface area contributed by atoms with Crippen molar-refractivity contribution in [3.63, 3.8) is 0 Å². The Kier molecular flexibility index (Phi) is 8.37. The minimum absolute atomic E-state index is 0.131. The van der Waals surface area contributed by atoms with Crippen molar-refractivity contribution in [2.45, 2.75) is 25.9 Å². The van der Waals surface area contributed by atoms with Crippen LogP contribution in [0.5, 0.6) is 0 Å². The number of nitrogens with zero attached hydrogens (tertiary/aromatic N) is 3. The van der Waals surface area contributed by atoms with E-state index >= 15 is 0 Å². The van der Waals surface area contributed by atoms with Crippen molar-refractivity contribution in [2.24, 2.45) is 7.05 Å². The smallest absolute Gasteiger partial charge is 0.337 e. The first kappa shape index (κ1) is 27.4. The lowest BCUT2D eigenvalue weighted by Crippen LogP contribution is -2.47. The summed E-state index contributed by atoms with van der Waals surface area (Å²) in [4.78, 5) is 30.2. The Labute approximate surface area is 233 Å². The van der Waals surface area contributed by atoms with E-state index in [2.05, 4.69) is 17.0 Å².